The molecule has 0 saturated carbocycles. The molecule has 0 aromatic heterocycles. The zero-order valence-electron chi connectivity index (χ0n) is 16.4. The molecule has 1 aromatic carbocycles. The first-order valence-electron chi connectivity index (χ1n) is 8.80. The maximum Gasteiger partial charge on any atom is 0.322 e. The maximum absolute atomic E-state index is 13.1. The van der Waals surface area contributed by atoms with Crippen LogP contribution in [-0.4, -0.2) is 81.6 Å². The number of ether oxygens (including phenoxy) is 2. The van der Waals surface area contributed by atoms with Gasteiger partial charge in [0.15, 0.2) is 0 Å². The number of amides is 3. The summed E-state index contributed by atoms with van der Waals surface area (Å²) in [6, 6.07) is 4.63. The highest BCUT2D eigenvalue weighted by molar-refractivity contribution is 6.01. The molecule has 8 heteroatoms. The molecule has 146 valence electrons. The Bertz CT molecular complexity index is 768. The van der Waals surface area contributed by atoms with Crippen LogP contribution >= 0.6 is 0 Å². The van der Waals surface area contributed by atoms with Crippen molar-refractivity contribution in [2.75, 3.05) is 55.0 Å². The fraction of sp³-hybridized carbons (Fsp3) is 0.474. The number of rotatable bonds is 6. The van der Waals surface area contributed by atoms with Crippen molar-refractivity contribution in [2.24, 2.45) is 0 Å². The highest BCUT2D eigenvalue weighted by Gasteiger charge is 2.42. The third-order valence-electron chi connectivity index (χ3n) is 4.96. The van der Waals surface area contributed by atoms with E-state index in [-0.39, 0.29) is 11.9 Å². The second-order valence-corrected chi connectivity index (χ2v) is 6.98. The van der Waals surface area contributed by atoms with Crippen molar-refractivity contribution in [2.45, 2.75) is 6.04 Å². The van der Waals surface area contributed by atoms with E-state index in [4.69, 9.17) is 9.47 Å². The van der Waals surface area contributed by atoms with Crippen LogP contribution in [0.25, 0.3) is 0 Å². The molecular weight excluding hydrogens is 348 g/mol. The molecule has 0 saturated heterocycles. The Morgan fingerprint density at radius 1 is 1.15 bits per heavy atom. The van der Waals surface area contributed by atoms with Crippen molar-refractivity contribution in [3.8, 4) is 11.5 Å². The average Bonchev–Trinajstić information content (AvgIpc) is 2.99. The lowest BCUT2D eigenvalue weighted by Gasteiger charge is -2.31. The summed E-state index contributed by atoms with van der Waals surface area (Å²) in [5, 5.41) is 2.93. The molecule has 1 unspecified atom stereocenters. The number of nitrogens with zero attached hydrogens (tertiary/aromatic N) is 3. The van der Waals surface area contributed by atoms with Crippen molar-refractivity contribution in [3.05, 3.63) is 35.0 Å². The predicted molar refractivity (Wildman–Crippen MR) is 101 cm³/mol. The first-order chi connectivity index (χ1) is 12.8. The SMILES string of the molecule is COc1cc(OC)cc(C2NC(=O)N(C)C3=C2C(=O)N(CCN(C)C)C3)c1. The molecule has 0 radical (unpaired) electrons. The largest absolute Gasteiger partial charge is 0.497 e. The smallest absolute Gasteiger partial charge is 0.322 e. The normalized spacial score (nSPS) is 19.6. The van der Waals surface area contributed by atoms with Gasteiger partial charge < -0.3 is 24.6 Å². The average molecular weight is 374 g/mol. The van der Waals surface area contributed by atoms with Crippen LogP contribution in [-0.2, 0) is 4.79 Å². The third kappa shape index (κ3) is 3.57. The molecule has 0 aliphatic carbocycles. The molecule has 0 fully saturated rings. The molecule has 3 rings (SSSR count). The van der Waals surface area contributed by atoms with E-state index in [1.807, 2.05) is 31.1 Å². The van der Waals surface area contributed by atoms with E-state index in [2.05, 4.69) is 5.32 Å². The highest BCUT2D eigenvalue weighted by Crippen LogP contribution is 2.37. The number of likely N-dealkylation sites (N-methyl/N-ethyl adjacent to an activating group) is 2. The minimum atomic E-state index is -0.537. The molecule has 2 aliphatic heterocycles. The molecule has 0 spiro atoms. The summed E-state index contributed by atoms with van der Waals surface area (Å²) < 4.78 is 10.7. The number of carbonyl (C=O) groups excluding carboxylic acids is 2. The summed E-state index contributed by atoms with van der Waals surface area (Å²) in [4.78, 5) is 30.9. The second kappa shape index (κ2) is 7.48. The zero-order valence-corrected chi connectivity index (χ0v) is 16.4. The maximum atomic E-state index is 13.1. The molecule has 3 amide bonds. The van der Waals surface area contributed by atoms with E-state index in [1.165, 1.54) is 4.90 Å². The number of carbonyl (C=O) groups is 2. The molecule has 1 aromatic rings. The highest BCUT2D eigenvalue weighted by atomic mass is 16.5. The second-order valence-electron chi connectivity index (χ2n) is 6.98. The van der Waals surface area contributed by atoms with Crippen LogP contribution < -0.4 is 14.8 Å². The monoisotopic (exact) mass is 374 g/mol. The fourth-order valence-electron chi connectivity index (χ4n) is 3.37. The van der Waals surface area contributed by atoms with Gasteiger partial charge in [-0.25, -0.2) is 4.79 Å². The van der Waals surface area contributed by atoms with Gasteiger partial charge in [0, 0.05) is 26.2 Å². The van der Waals surface area contributed by atoms with E-state index < -0.39 is 6.04 Å². The van der Waals surface area contributed by atoms with Crippen molar-refractivity contribution in [1.82, 2.24) is 20.0 Å². The van der Waals surface area contributed by atoms with Crippen LogP contribution in [0.4, 0.5) is 4.79 Å². The van der Waals surface area contributed by atoms with Gasteiger partial charge in [-0.1, -0.05) is 0 Å². The van der Waals surface area contributed by atoms with Crippen LogP contribution in [0.2, 0.25) is 0 Å². The Balaban J connectivity index is 1.99. The molecule has 27 heavy (non-hydrogen) atoms. The first kappa shape index (κ1) is 19.0. The van der Waals surface area contributed by atoms with E-state index in [0.717, 1.165) is 17.8 Å². The Morgan fingerprint density at radius 2 is 1.78 bits per heavy atom. The van der Waals surface area contributed by atoms with Gasteiger partial charge in [0.1, 0.15) is 11.5 Å². The number of urea groups is 1. The van der Waals surface area contributed by atoms with Gasteiger partial charge in [-0.15, -0.1) is 0 Å². The lowest BCUT2D eigenvalue weighted by atomic mass is 9.95. The Kier molecular flexibility index (Phi) is 5.27. The summed E-state index contributed by atoms with van der Waals surface area (Å²) in [6.45, 7) is 1.80. The standard InChI is InChI=1S/C19H26N4O4/c1-21(2)6-7-23-11-15-16(18(23)24)17(20-19(25)22(15)3)12-8-13(26-4)10-14(9-12)27-5/h8-10,17H,6-7,11H2,1-5H3,(H,20,25). The van der Waals surface area contributed by atoms with Crippen LogP contribution in [0.1, 0.15) is 11.6 Å². The van der Waals surface area contributed by atoms with Crippen LogP contribution in [0.5, 0.6) is 11.5 Å². The van der Waals surface area contributed by atoms with Crippen LogP contribution in [0.3, 0.4) is 0 Å². The van der Waals surface area contributed by atoms with Crippen molar-refractivity contribution in [3.63, 3.8) is 0 Å². The molecule has 1 N–H and O–H groups in total. The van der Waals surface area contributed by atoms with Crippen molar-refractivity contribution >= 4 is 11.9 Å². The molecule has 2 aliphatic rings. The van der Waals surface area contributed by atoms with Gasteiger partial charge in [0.25, 0.3) is 5.91 Å². The quantitative estimate of drug-likeness (QED) is 0.806. The molecule has 1 atom stereocenters. The topological polar surface area (TPSA) is 74.3 Å². The van der Waals surface area contributed by atoms with Crippen molar-refractivity contribution < 1.29 is 19.1 Å². The lowest BCUT2D eigenvalue weighted by Crippen LogP contribution is -2.45. The van der Waals surface area contributed by atoms with Crippen LogP contribution in [0, 0.1) is 0 Å². The van der Waals surface area contributed by atoms with E-state index in [0.29, 0.717) is 30.2 Å². The Labute approximate surface area is 159 Å². The molecule has 8 nitrogen and oxygen atoms in total. The van der Waals surface area contributed by atoms with E-state index >= 15 is 0 Å². The van der Waals surface area contributed by atoms with Gasteiger partial charge in [-0.2, -0.15) is 0 Å². The first-order valence-corrected chi connectivity index (χ1v) is 8.80. The zero-order chi connectivity index (χ0) is 19.7. The minimum absolute atomic E-state index is 0.0505. The van der Waals surface area contributed by atoms with E-state index in [1.54, 1.807) is 32.2 Å². The van der Waals surface area contributed by atoms with Gasteiger partial charge in [0.05, 0.1) is 38.1 Å². The summed E-state index contributed by atoms with van der Waals surface area (Å²) in [7, 11) is 8.77. The van der Waals surface area contributed by atoms with E-state index in [9.17, 15) is 9.59 Å². The summed E-state index contributed by atoms with van der Waals surface area (Å²) >= 11 is 0. The lowest BCUT2D eigenvalue weighted by molar-refractivity contribution is -0.125. The number of hydrogen-bond acceptors (Lipinski definition) is 5. The van der Waals surface area contributed by atoms with Gasteiger partial charge in [0.2, 0.25) is 0 Å². The van der Waals surface area contributed by atoms with Gasteiger partial charge >= 0.3 is 6.03 Å². The predicted octanol–water partition coefficient (Wildman–Crippen LogP) is 1.06. The molecule has 2 heterocycles. The van der Waals surface area contributed by atoms with Crippen molar-refractivity contribution in [1.29, 1.82) is 0 Å². The van der Waals surface area contributed by atoms with Gasteiger partial charge in [-0.05, 0) is 31.8 Å². The summed E-state index contributed by atoms with van der Waals surface area (Å²) in [5.74, 6) is 1.16. The molecule has 0 bridgehead atoms. The summed E-state index contributed by atoms with van der Waals surface area (Å²) in [6.07, 6.45) is 0. The molecular formula is C19H26N4O4. The Morgan fingerprint density at radius 3 is 2.33 bits per heavy atom. The van der Waals surface area contributed by atoms with Gasteiger partial charge in [-0.3, -0.25) is 9.69 Å². The number of methoxy groups -OCH3 is 2. The fourth-order valence-corrected chi connectivity index (χ4v) is 3.37. The number of nitrogens with one attached hydrogen (secondary N) is 1. The number of hydrogen-bond donors (Lipinski definition) is 1. The van der Waals surface area contributed by atoms with Crippen LogP contribution in [0.15, 0.2) is 29.5 Å². The minimum Gasteiger partial charge on any atom is -0.497 e. The Hall–Kier alpha value is -2.74. The summed E-state index contributed by atoms with van der Waals surface area (Å²) in [5.41, 5.74) is 2.10. The number of benzene rings is 1. The third-order valence-corrected chi connectivity index (χ3v) is 4.96.